The molecule has 0 aromatic heterocycles. The minimum Gasteiger partial charge on any atom is -0.121 e. The molecule has 0 saturated heterocycles. The molecule has 4 rings (SSSR count). The van der Waals surface area contributed by atoms with E-state index in [0.717, 1.165) is 4.47 Å². The van der Waals surface area contributed by atoms with Gasteiger partial charge in [0.15, 0.2) is 0 Å². The van der Waals surface area contributed by atoms with E-state index in [2.05, 4.69) is 58.1 Å². The van der Waals surface area contributed by atoms with Crippen LogP contribution >= 0.6 is 110 Å². The molecule has 0 aliphatic carbocycles. The van der Waals surface area contributed by atoms with Crippen molar-refractivity contribution in [3.05, 3.63) is 65.1 Å². The standard InChI is InChI=1S/C16H11BrS8/c1-18-11-12(19-2)23-15(22-11)16-24-13-14(25-16)21-10(7-20-13)8-3-5-9(17)6-4-8/h3-7H,1-2H3. The summed E-state index contributed by atoms with van der Waals surface area (Å²) >= 11 is 18.8. The summed E-state index contributed by atoms with van der Waals surface area (Å²) < 4.78 is 9.77. The van der Waals surface area contributed by atoms with Crippen molar-refractivity contribution in [3.8, 4) is 0 Å². The zero-order valence-corrected chi connectivity index (χ0v) is 21.1. The van der Waals surface area contributed by atoms with Crippen LogP contribution in [-0.2, 0) is 0 Å². The van der Waals surface area contributed by atoms with Gasteiger partial charge in [0.05, 0.1) is 25.4 Å². The van der Waals surface area contributed by atoms with Crippen LogP contribution in [-0.4, -0.2) is 12.5 Å². The molecule has 0 fully saturated rings. The third-order valence-corrected chi connectivity index (χ3v) is 15.0. The second-order valence-electron chi connectivity index (χ2n) is 4.75. The van der Waals surface area contributed by atoms with Crippen LogP contribution in [0.3, 0.4) is 0 Å². The number of hydrogen-bond donors (Lipinski definition) is 0. The topological polar surface area (TPSA) is 0 Å². The van der Waals surface area contributed by atoms with Gasteiger partial charge in [-0.3, -0.25) is 0 Å². The molecule has 0 bridgehead atoms. The largest absolute Gasteiger partial charge is 0.121 e. The third-order valence-electron chi connectivity index (χ3n) is 3.22. The average molecular weight is 540 g/mol. The molecule has 3 aliphatic rings. The highest BCUT2D eigenvalue weighted by Gasteiger charge is 2.32. The number of benzene rings is 1. The molecule has 9 heteroatoms. The molecule has 0 N–H and O–H groups in total. The average Bonchev–Trinajstić information content (AvgIpc) is 3.25. The van der Waals surface area contributed by atoms with Gasteiger partial charge in [-0.25, -0.2) is 0 Å². The molecule has 3 aliphatic heterocycles. The molecular formula is C16H11BrS8. The van der Waals surface area contributed by atoms with Crippen LogP contribution < -0.4 is 0 Å². The summed E-state index contributed by atoms with van der Waals surface area (Å²) in [7, 11) is 0. The zero-order valence-electron chi connectivity index (χ0n) is 13.0. The van der Waals surface area contributed by atoms with Crippen molar-refractivity contribution in [1.29, 1.82) is 0 Å². The molecule has 3 heterocycles. The van der Waals surface area contributed by atoms with Gasteiger partial charge >= 0.3 is 0 Å². The zero-order chi connectivity index (χ0) is 17.4. The fourth-order valence-corrected chi connectivity index (χ4v) is 13.3. The molecule has 0 radical (unpaired) electrons. The first-order chi connectivity index (χ1) is 12.2. The van der Waals surface area contributed by atoms with Crippen LogP contribution in [0.5, 0.6) is 0 Å². The van der Waals surface area contributed by atoms with Crippen molar-refractivity contribution >= 4 is 115 Å². The summed E-state index contributed by atoms with van der Waals surface area (Å²) in [4.78, 5) is 1.34. The summed E-state index contributed by atoms with van der Waals surface area (Å²) in [5.74, 6) is 0. The maximum atomic E-state index is 3.52. The molecule has 0 amide bonds. The molecule has 25 heavy (non-hydrogen) atoms. The van der Waals surface area contributed by atoms with Gasteiger partial charge in [0, 0.05) is 9.38 Å². The van der Waals surface area contributed by atoms with Gasteiger partial charge in [-0.1, -0.05) is 98.6 Å². The first-order valence-corrected chi connectivity index (χ1v) is 15.2. The van der Waals surface area contributed by atoms with Crippen molar-refractivity contribution in [2.75, 3.05) is 12.5 Å². The van der Waals surface area contributed by atoms with E-state index in [1.165, 1.54) is 35.9 Å². The Morgan fingerprint density at radius 2 is 1.28 bits per heavy atom. The van der Waals surface area contributed by atoms with Crippen molar-refractivity contribution < 1.29 is 0 Å². The number of rotatable bonds is 3. The Hall–Kier alpha value is 1.46. The smallest absolute Gasteiger partial charge is 0.0718 e. The Labute approximate surface area is 190 Å². The highest BCUT2D eigenvalue weighted by atomic mass is 79.9. The second-order valence-corrected chi connectivity index (χ2v) is 14.9. The predicted octanol–water partition coefficient (Wildman–Crippen LogP) is 9.29. The van der Waals surface area contributed by atoms with Crippen molar-refractivity contribution in [2.24, 2.45) is 0 Å². The monoisotopic (exact) mass is 538 g/mol. The molecular weight excluding hydrogens is 529 g/mol. The molecule has 1 aromatic carbocycles. The van der Waals surface area contributed by atoms with E-state index in [9.17, 15) is 0 Å². The molecule has 0 nitrogen and oxygen atoms in total. The summed E-state index contributed by atoms with van der Waals surface area (Å²) in [5.41, 5.74) is 1.29. The predicted molar refractivity (Wildman–Crippen MR) is 136 cm³/mol. The summed E-state index contributed by atoms with van der Waals surface area (Å²) in [5, 5.41) is 2.29. The molecule has 1 aromatic rings. The summed E-state index contributed by atoms with van der Waals surface area (Å²) in [6.07, 6.45) is 4.34. The maximum Gasteiger partial charge on any atom is 0.0718 e. The third kappa shape index (κ3) is 4.40. The van der Waals surface area contributed by atoms with E-state index >= 15 is 0 Å². The highest BCUT2D eigenvalue weighted by molar-refractivity contribution is 9.10. The first-order valence-electron chi connectivity index (χ1n) is 7.00. The summed E-state index contributed by atoms with van der Waals surface area (Å²) in [6.45, 7) is 0. The van der Waals surface area contributed by atoms with Gasteiger partial charge in [-0.2, -0.15) is 0 Å². The highest BCUT2D eigenvalue weighted by Crippen LogP contribution is 2.68. The van der Waals surface area contributed by atoms with E-state index in [-0.39, 0.29) is 0 Å². The lowest BCUT2D eigenvalue weighted by Gasteiger charge is -2.13. The molecule has 0 atom stereocenters. The van der Waals surface area contributed by atoms with Crippen molar-refractivity contribution in [3.63, 3.8) is 0 Å². The fourth-order valence-electron chi connectivity index (χ4n) is 2.07. The van der Waals surface area contributed by atoms with Gasteiger partial charge in [0.1, 0.15) is 0 Å². The maximum absolute atomic E-state index is 3.52. The molecule has 130 valence electrons. The van der Waals surface area contributed by atoms with Gasteiger partial charge in [0.25, 0.3) is 0 Å². The number of thioether (sulfide) groups is 8. The lowest BCUT2D eigenvalue weighted by atomic mass is 10.2. The van der Waals surface area contributed by atoms with Gasteiger partial charge in [-0.15, -0.1) is 23.5 Å². The first kappa shape index (κ1) is 19.8. The van der Waals surface area contributed by atoms with Crippen molar-refractivity contribution in [1.82, 2.24) is 0 Å². The van der Waals surface area contributed by atoms with Gasteiger partial charge in [0.2, 0.25) is 0 Å². The Kier molecular flexibility index (Phi) is 7.01. The quantitative estimate of drug-likeness (QED) is 0.368. The van der Waals surface area contributed by atoms with E-state index in [0.29, 0.717) is 0 Å². The molecule has 0 spiro atoms. The van der Waals surface area contributed by atoms with Crippen LogP contribution in [0.4, 0.5) is 0 Å². The van der Waals surface area contributed by atoms with E-state index in [1.807, 2.05) is 94.1 Å². The molecule has 0 saturated carbocycles. The Balaban J connectivity index is 1.48. The van der Waals surface area contributed by atoms with Crippen LogP contribution in [0.15, 0.2) is 59.6 Å². The van der Waals surface area contributed by atoms with Crippen LogP contribution in [0.1, 0.15) is 5.56 Å². The number of hydrogen-bond acceptors (Lipinski definition) is 8. The van der Waals surface area contributed by atoms with Crippen molar-refractivity contribution in [2.45, 2.75) is 0 Å². The van der Waals surface area contributed by atoms with E-state index < -0.39 is 0 Å². The summed E-state index contributed by atoms with van der Waals surface area (Å²) in [6, 6.07) is 8.59. The second kappa shape index (κ2) is 8.86. The minimum absolute atomic E-state index is 1.13. The Morgan fingerprint density at radius 3 is 1.92 bits per heavy atom. The molecule has 0 unspecified atom stereocenters. The lowest BCUT2D eigenvalue weighted by Crippen LogP contribution is -1.83. The van der Waals surface area contributed by atoms with Gasteiger partial charge in [-0.05, 0) is 35.6 Å². The fraction of sp³-hybridized carbons (Fsp3) is 0.125. The van der Waals surface area contributed by atoms with Crippen LogP contribution in [0, 0.1) is 0 Å². The van der Waals surface area contributed by atoms with Crippen LogP contribution in [0.25, 0.3) is 4.91 Å². The van der Waals surface area contributed by atoms with Crippen LogP contribution in [0.2, 0.25) is 0 Å². The minimum atomic E-state index is 1.13. The van der Waals surface area contributed by atoms with E-state index in [1.54, 1.807) is 0 Å². The number of halogens is 1. The Morgan fingerprint density at radius 1 is 0.720 bits per heavy atom. The van der Waals surface area contributed by atoms with Gasteiger partial charge < -0.3 is 0 Å². The van der Waals surface area contributed by atoms with E-state index in [4.69, 9.17) is 0 Å². The normalized spacial score (nSPS) is 20.5. The Bertz CT molecular complexity index is 816. The SMILES string of the molecule is CSC1=C(SC)SC(=C2SC3=C(SC(c4ccc(Br)cc4)=CS3)S2)S1. The lowest BCUT2D eigenvalue weighted by molar-refractivity contribution is 1.61.